The van der Waals surface area contributed by atoms with Gasteiger partial charge in [0, 0.05) is 12.5 Å². The van der Waals surface area contributed by atoms with Crippen LogP contribution in [0.4, 0.5) is 0 Å². The molecule has 0 bridgehead atoms. The normalized spacial score (nSPS) is 27.1. The number of rotatable bonds is 1. The first-order valence-electron chi connectivity index (χ1n) is 5.11. The van der Waals surface area contributed by atoms with E-state index in [2.05, 4.69) is 17.4 Å². The zero-order chi connectivity index (χ0) is 9.97. The Balaban J connectivity index is 2.22. The number of amides is 1. The fourth-order valence-electron chi connectivity index (χ4n) is 2.10. The highest BCUT2D eigenvalue weighted by Crippen LogP contribution is 2.30. The molecule has 0 aliphatic carbocycles. The van der Waals surface area contributed by atoms with Gasteiger partial charge < -0.3 is 5.32 Å². The van der Waals surface area contributed by atoms with E-state index >= 15 is 0 Å². The molecule has 1 saturated heterocycles. The maximum atomic E-state index is 11.5. The van der Waals surface area contributed by atoms with Gasteiger partial charge >= 0.3 is 0 Å². The molecule has 1 fully saturated rings. The van der Waals surface area contributed by atoms with Crippen molar-refractivity contribution in [2.24, 2.45) is 5.92 Å². The molecule has 1 amide bonds. The summed E-state index contributed by atoms with van der Waals surface area (Å²) in [5, 5.41) is 2.89. The van der Waals surface area contributed by atoms with Crippen molar-refractivity contribution in [3.8, 4) is 0 Å². The van der Waals surface area contributed by atoms with E-state index in [1.807, 2.05) is 25.1 Å². The number of carbonyl (C=O) groups excluding carboxylic acids is 1. The standard InChI is InChI=1S/C12H15NO/c1-9-11(7-8-13-12(9)14)10-5-3-2-4-6-10/h2-6,9,11H,7-8H2,1H3,(H,13,14). The first kappa shape index (κ1) is 9.25. The molecule has 2 rings (SSSR count). The van der Waals surface area contributed by atoms with E-state index in [0.29, 0.717) is 5.92 Å². The lowest BCUT2D eigenvalue weighted by Gasteiger charge is -2.28. The van der Waals surface area contributed by atoms with Gasteiger partial charge in [-0.15, -0.1) is 0 Å². The maximum absolute atomic E-state index is 11.5. The number of hydrogen-bond donors (Lipinski definition) is 1. The zero-order valence-electron chi connectivity index (χ0n) is 8.36. The van der Waals surface area contributed by atoms with Crippen LogP contribution in [0, 0.1) is 5.92 Å². The molecule has 0 radical (unpaired) electrons. The van der Waals surface area contributed by atoms with Crippen LogP contribution in [0.2, 0.25) is 0 Å². The topological polar surface area (TPSA) is 29.1 Å². The molecule has 2 unspecified atom stereocenters. The Morgan fingerprint density at radius 1 is 1.29 bits per heavy atom. The third-order valence-corrected chi connectivity index (χ3v) is 3.00. The molecule has 1 aromatic carbocycles. The maximum Gasteiger partial charge on any atom is 0.223 e. The molecule has 1 aliphatic heterocycles. The Bertz CT molecular complexity index is 320. The first-order valence-corrected chi connectivity index (χ1v) is 5.11. The van der Waals surface area contributed by atoms with Gasteiger partial charge in [-0.25, -0.2) is 0 Å². The summed E-state index contributed by atoms with van der Waals surface area (Å²) in [6.07, 6.45) is 1.05. The van der Waals surface area contributed by atoms with E-state index in [-0.39, 0.29) is 11.8 Å². The van der Waals surface area contributed by atoms with Crippen molar-refractivity contribution in [2.45, 2.75) is 19.3 Å². The molecule has 1 aromatic rings. The highest BCUT2D eigenvalue weighted by molar-refractivity contribution is 5.80. The van der Waals surface area contributed by atoms with Crippen molar-refractivity contribution in [1.82, 2.24) is 5.32 Å². The lowest BCUT2D eigenvalue weighted by Crippen LogP contribution is -2.39. The Morgan fingerprint density at radius 2 is 2.00 bits per heavy atom. The minimum atomic E-state index is 0.103. The largest absolute Gasteiger partial charge is 0.356 e. The van der Waals surface area contributed by atoms with Gasteiger partial charge in [-0.3, -0.25) is 4.79 Å². The average molecular weight is 189 g/mol. The Labute approximate surface area is 84.3 Å². The van der Waals surface area contributed by atoms with Gasteiger partial charge in [0.15, 0.2) is 0 Å². The summed E-state index contributed by atoms with van der Waals surface area (Å²) in [4.78, 5) is 11.5. The molecule has 74 valence electrons. The van der Waals surface area contributed by atoms with Crippen molar-refractivity contribution < 1.29 is 4.79 Å². The van der Waals surface area contributed by atoms with Gasteiger partial charge in [-0.05, 0) is 17.9 Å². The predicted octanol–water partition coefficient (Wildman–Crippen LogP) is 1.93. The van der Waals surface area contributed by atoms with E-state index < -0.39 is 0 Å². The highest BCUT2D eigenvalue weighted by atomic mass is 16.1. The van der Waals surface area contributed by atoms with E-state index in [1.165, 1.54) is 5.56 Å². The van der Waals surface area contributed by atoms with Gasteiger partial charge in [0.1, 0.15) is 0 Å². The summed E-state index contributed by atoms with van der Waals surface area (Å²) in [7, 11) is 0. The van der Waals surface area contributed by atoms with Crippen molar-refractivity contribution in [1.29, 1.82) is 0 Å². The Hall–Kier alpha value is -1.31. The van der Waals surface area contributed by atoms with Crippen molar-refractivity contribution in [3.05, 3.63) is 35.9 Å². The van der Waals surface area contributed by atoms with Crippen molar-refractivity contribution >= 4 is 5.91 Å². The quantitative estimate of drug-likeness (QED) is 0.718. The van der Waals surface area contributed by atoms with Crippen LogP contribution in [-0.4, -0.2) is 12.5 Å². The third kappa shape index (κ3) is 1.65. The van der Waals surface area contributed by atoms with Crippen LogP contribution >= 0.6 is 0 Å². The van der Waals surface area contributed by atoms with Gasteiger partial charge in [0.2, 0.25) is 5.91 Å². The number of nitrogens with one attached hydrogen (secondary N) is 1. The molecule has 1 aliphatic rings. The van der Waals surface area contributed by atoms with Crippen LogP contribution in [0.3, 0.4) is 0 Å². The molecule has 1 heterocycles. The van der Waals surface area contributed by atoms with Gasteiger partial charge in [0.05, 0.1) is 0 Å². The summed E-state index contributed by atoms with van der Waals surface area (Å²) < 4.78 is 0. The molecule has 0 spiro atoms. The monoisotopic (exact) mass is 189 g/mol. The van der Waals surface area contributed by atoms with Crippen LogP contribution in [0.1, 0.15) is 24.8 Å². The zero-order valence-corrected chi connectivity index (χ0v) is 8.36. The lowest BCUT2D eigenvalue weighted by molar-refractivity contribution is -0.126. The molecule has 1 N–H and O–H groups in total. The fourth-order valence-corrected chi connectivity index (χ4v) is 2.10. The molecule has 0 aromatic heterocycles. The second kappa shape index (κ2) is 3.82. The number of benzene rings is 1. The van der Waals surface area contributed by atoms with Gasteiger partial charge in [0.25, 0.3) is 0 Å². The van der Waals surface area contributed by atoms with Gasteiger partial charge in [-0.2, -0.15) is 0 Å². The fraction of sp³-hybridized carbons (Fsp3) is 0.417. The Morgan fingerprint density at radius 3 is 2.71 bits per heavy atom. The number of hydrogen-bond acceptors (Lipinski definition) is 1. The summed E-state index contributed by atoms with van der Waals surface area (Å²) in [6, 6.07) is 10.3. The molecule has 2 atom stereocenters. The van der Waals surface area contributed by atoms with E-state index in [9.17, 15) is 4.79 Å². The van der Waals surface area contributed by atoms with Gasteiger partial charge in [-0.1, -0.05) is 37.3 Å². The van der Waals surface area contributed by atoms with Crippen molar-refractivity contribution in [2.75, 3.05) is 6.54 Å². The SMILES string of the molecule is CC1C(=O)NCCC1c1ccccc1. The smallest absolute Gasteiger partial charge is 0.223 e. The summed E-state index contributed by atoms with van der Waals surface area (Å²) in [5.41, 5.74) is 1.29. The molecule has 2 nitrogen and oxygen atoms in total. The van der Waals surface area contributed by atoms with Crippen LogP contribution in [0.25, 0.3) is 0 Å². The molecular weight excluding hydrogens is 174 g/mol. The van der Waals surface area contributed by atoms with Crippen LogP contribution in [-0.2, 0) is 4.79 Å². The van der Waals surface area contributed by atoms with Crippen LogP contribution in [0.15, 0.2) is 30.3 Å². The van der Waals surface area contributed by atoms with E-state index in [1.54, 1.807) is 0 Å². The molecule has 2 heteroatoms. The molecular formula is C12H15NO. The second-order valence-corrected chi connectivity index (χ2v) is 3.89. The summed E-state index contributed by atoms with van der Waals surface area (Å²) in [5.74, 6) is 0.682. The summed E-state index contributed by atoms with van der Waals surface area (Å²) in [6.45, 7) is 2.81. The first-order chi connectivity index (χ1) is 6.79. The van der Waals surface area contributed by atoms with Crippen molar-refractivity contribution in [3.63, 3.8) is 0 Å². The van der Waals surface area contributed by atoms with E-state index in [0.717, 1.165) is 13.0 Å². The minimum Gasteiger partial charge on any atom is -0.356 e. The Kier molecular flexibility index (Phi) is 2.53. The van der Waals surface area contributed by atoms with Crippen LogP contribution < -0.4 is 5.32 Å². The second-order valence-electron chi connectivity index (χ2n) is 3.89. The number of carbonyl (C=O) groups is 1. The predicted molar refractivity (Wildman–Crippen MR) is 56.0 cm³/mol. The minimum absolute atomic E-state index is 0.103. The van der Waals surface area contributed by atoms with Crippen LogP contribution in [0.5, 0.6) is 0 Å². The van der Waals surface area contributed by atoms with E-state index in [4.69, 9.17) is 0 Å². The number of piperidine rings is 1. The highest BCUT2D eigenvalue weighted by Gasteiger charge is 2.28. The lowest BCUT2D eigenvalue weighted by atomic mass is 9.82. The molecule has 14 heavy (non-hydrogen) atoms. The molecule has 0 saturated carbocycles. The average Bonchev–Trinajstić information content (AvgIpc) is 2.23. The third-order valence-electron chi connectivity index (χ3n) is 3.00. The summed E-state index contributed by atoms with van der Waals surface area (Å²) >= 11 is 0.